The fourth-order valence-electron chi connectivity index (χ4n) is 3.99. The zero-order valence-corrected chi connectivity index (χ0v) is 16.9. The third-order valence-electron chi connectivity index (χ3n) is 5.66. The number of nitrogens with zero attached hydrogens (tertiary/aromatic N) is 1. The van der Waals surface area contributed by atoms with Gasteiger partial charge in [-0.25, -0.2) is 4.39 Å². The number of ether oxygens (including phenoxy) is 1. The first-order valence-corrected chi connectivity index (χ1v) is 10.3. The van der Waals surface area contributed by atoms with Crippen LogP contribution in [0.15, 0.2) is 54.3 Å². The van der Waals surface area contributed by atoms with E-state index in [1.807, 2.05) is 0 Å². The van der Waals surface area contributed by atoms with Gasteiger partial charge >= 0.3 is 0 Å². The smallest absolute Gasteiger partial charge is 0.294 e. The summed E-state index contributed by atoms with van der Waals surface area (Å²) >= 11 is 0. The molecule has 4 rings (SSSR count). The Labute approximate surface area is 175 Å². The van der Waals surface area contributed by atoms with E-state index in [0.717, 1.165) is 25.7 Å². The van der Waals surface area contributed by atoms with Crippen LogP contribution in [-0.2, 0) is 9.59 Å². The van der Waals surface area contributed by atoms with Gasteiger partial charge in [0.1, 0.15) is 12.4 Å². The summed E-state index contributed by atoms with van der Waals surface area (Å²) in [6.45, 7) is 2.14. The van der Waals surface area contributed by atoms with Gasteiger partial charge in [-0.1, -0.05) is 31.2 Å². The summed E-state index contributed by atoms with van der Waals surface area (Å²) in [4.78, 5) is 27.2. The summed E-state index contributed by atoms with van der Waals surface area (Å²) in [7, 11) is 0. The van der Waals surface area contributed by atoms with Gasteiger partial charge in [0.05, 0.1) is 5.69 Å². The summed E-state index contributed by atoms with van der Waals surface area (Å²) in [6.07, 6.45) is 5.63. The predicted octanol–water partition coefficient (Wildman–Crippen LogP) is 4.29. The molecular weight excluding hydrogens is 383 g/mol. The van der Waals surface area contributed by atoms with E-state index in [-0.39, 0.29) is 24.3 Å². The number of para-hydroxylation sites is 2. The van der Waals surface area contributed by atoms with Crippen LogP contribution in [-0.4, -0.2) is 24.4 Å². The predicted molar refractivity (Wildman–Crippen MR) is 113 cm³/mol. The zero-order valence-electron chi connectivity index (χ0n) is 16.9. The lowest BCUT2D eigenvalue weighted by atomic mass is 9.87. The Morgan fingerprint density at radius 1 is 1.17 bits per heavy atom. The van der Waals surface area contributed by atoms with E-state index in [4.69, 9.17) is 4.74 Å². The van der Waals surface area contributed by atoms with Gasteiger partial charge < -0.3 is 10.1 Å². The van der Waals surface area contributed by atoms with Gasteiger partial charge in [0.15, 0.2) is 11.5 Å². The first-order chi connectivity index (χ1) is 14.5. The van der Waals surface area contributed by atoms with Crippen molar-refractivity contribution in [3.05, 3.63) is 65.7 Å². The highest BCUT2D eigenvalue weighted by Crippen LogP contribution is 2.35. The summed E-state index contributed by atoms with van der Waals surface area (Å²) in [5.74, 6) is 0.222. The maximum absolute atomic E-state index is 13.5. The molecule has 1 heterocycles. The van der Waals surface area contributed by atoms with Gasteiger partial charge in [-0.05, 0) is 67.5 Å². The maximum Gasteiger partial charge on any atom is 0.294 e. The molecule has 2 aromatic carbocycles. The Morgan fingerprint density at radius 3 is 2.70 bits per heavy atom. The number of benzene rings is 2. The van der Waals surface area contributed by atoms with Crippen LogP contribution in [0.4, 0.5) is 10.1 Å². The van der Waals surface area contributed by atoms with Crippen molar-refractivity contribution in [2.45, 2.75) is 38.6 Å². The van der Waals surface area contributed by atoms with E-state index >= 15 is 0 Å². The number of rotatable bonds is 4. The monoisotopic (exact) mass is 408 g/mol. The molecule has 0 spiro atoms. The van der Waals surface area contributed by atoms with Crippen molar-refractivity contribution in [1.29, 1.82) is 0 Å². The minimum absolute atomic E-state index is 0.0543. The minimum atomic E-state index is -0.426. The normalized spacial score (nSPS) is 22.4. The zero-order chi connectivity index (χ0) is 21.1. The van der Waals surface area contributed by atoms with Crippen LogP contribution < -0.4 is 15.0 Å². The molecule has 0 unspecified atom stereocenters. The van der Waals surface area contributed by atoms with Crippen LogP contribution in [0.1, 0.15) is 38.2 Å². The van der Waals surface area contributed by atoms with E-state index in [1.165, 1.54) is 23.1 Å². The number of carbonyl (C=O) groups is 2. The Balaban J connectivity index is 1.55. The fraction of sp³-hybridized carbons (Fsp3) is 0.333. The van der Waals surface area contributed by atoms with E-state index in [1.54, 1.807) is 36.4 Å². The fourth-order valence-corrected chi connectivity index (χ4v) is 3.99. The Hall–Kier alpha value is -3.15. The molecule has 2 aromatic rings. The number of fused-ring (bicyclic) bond motifs is 1. The van der Waals surface area contributed by atoms with E-state index in [9.17, 15) is 14.0 Å². The topological polar surface area (TPSA) is 58.6 Å². The van der Waals surface area contributed by atoms with Gasteiger partial charge in [0, 0.05) is 6.04 Å². The molecule has 2 amide bonds. The summed E-state index contributed by atoms with van der Waals surface area (Å²) in [5, 5.41) is 3.07. The van der Waals surface area contributed by atoms with Crippen molar-refractivity contribution in [3.63, 3.8) is 0 Å². The number of amides is 2. The largest absolute Gasteiger partial charge is 0.449 e. The van der Waals surface area contributed by atoms with Crippen LogP contribution in [0.25, 0.3) is 6.08 Å². The van der Waals surface area contributed by atoms with Crippen LogP contribution in [0.5, 0.6) is 5.75 Å². The van der Waals surface area contributed by atoms with Crippen molar-refractivity contribution in [3.8, 4) is 5.75 Å². The van der Waals surface area contributed by atoms with Gasteiger partial charge in [-0.2, -0.15) is 0 Å². The summed E-state index contributed by atoms with van der Waals surface area (Å²) < 4.78 is 19.3. The molecule has 1 N–H and O–H groups in total. The van der Waals surface area contributed by atoms with Crippen molar-refractivity contribution < 1.29 is 18.7 Å². The highest BCUT2D eigenvalue weighted by molar-refractivity contribution is 6.12. The van der Waals surface area contributed by atoms with Gasteiger partial charge in [-0.15, -0.1) is 0 Å². The number of carbonyl (C=O) groups excluding carboxylic acids is 2. The minimum Gasteiger partial charge on any atom is -0.449 e. The van der Waals surface area contributed by atoms with Crippen molar-refractivity contribution in [1.82, 2.24) is 5.32 Å². The van der Waals surface area contributed by atoms with E-state index in [0.29, 0.717) is 22.9 Å². The maximum atomic E-state index is 13.5. The second kappa shape index (κ2) is 8.69. The first-order valence-electron chi connectivity index (χ1n) is 10.3. The standard InChI is InChI=1S/C24H25FN2O3/c1-16-9-11-19(12-10-16)26-23(28)15-27-20-7-2-3-8-21(20)30-22(24(27)29)14-17-5-4-6-18(25)13-17/h2-8,13-14,16,19H,9-12,15H2,1H3,(H,26,28)/b22-14+. The molecule has 0 radical (unpaired) electrons. The average molecular weight is 408 g/mol. The van der Waals surface area contributed by atoms with Crippen LogP contribution >= 0.6 is 0 Å². The molecule has 2 aliphatic rings. The molecule has 0 aromatic heterocycles. The number of hydrogen-bond acceptors (Lipinski definition) is 3. The second-order valence-electron chi connectivity index (χ2n) is 8.05. The lowest BCUT2D eigenvalue weighted by molar-refractivity contribution is -0.124. The van der Waals surface area contributed by atoms with Crippen molar-refractivity contribution in [2.75, 3.05) is 11.4 Å². The highest BCUT2D eigenvalue weighted by atomic mass is 19.1. The van der Waals surface area contributed by atoms with Crippen LogP contribution in [0, 0.1) is 11.7 Å². The van der Waals surface area contributed by atoms with E-state index < -0.39 is 11.7 Å². The van der Waals surface area contributed by atoms with Crippen LogP contribution in [0.3, 0.4) is 0 Å². The summed E-state index contributed by atoms with van der Waals surface area (Å²) in [6, 6.07) is 13.2. The average Bonchev–Trinajstić information content (AvgIpc) is 2.73. The molecule has 30 heavy (non-hydrogen) atoms. The van der Waals surface area contributed by atoms with E-state index in [2.05, 4.69) is 12.2 Å². The molecule has 1 aliphatic heterocycles. The SMILES string of the molecule is CC1CCC(NC(=O)CN2C(=O)/C(=C\c3cccc(F)c3)Oc3ccccc32)CC1. The molecule has 1 fully saturated rings. The molecule has 6 heteroatoms. The molecule has 1 aliphatic carbocycles. The third kappa shape index (κ3) is 4.53. The number of anilines is 1. The molecule has 1 saturated carbocycles. The first kappa shape index (κ1) is 20.1. The molecule has 0 bridgehead atoms. The highest BCUT2D eigenvalue weighted by Gasteiger charge is 2.32. The number of halogens is 1. The van der Waals surface area contributed by atoms with Crippen molar-refractivity contribution in [2.24, 2.45) is 5.92 Å². The van der Waals surface area contributed by atoms with Gasteiger partial charge in [-0.3, -0.25) is 14.5 Å². The molecule has 156 valence electrons. The Morgan fingerprint density at radius 2 is 1.93 bits per heavy atom. The Bertz CT molecular complexity index is 980. The lowest BCUT2D eigenvalue weighted by Gasteiger charge is -2.31. The third-order valence-corrected chi connectivity index (χ3v) is 5.66. The molecule has 0 saturated heterocycles. The quantitative estimate of drug-likeness (QED) is 0.768. The lowest BCUT2D eigenvalue weighted by Crippen LogP contribution is -2.47. The number of nitrogens with one attached hydrogen (secondary N) is 1. The van der Waals surface area contributed by atoms with Crippen molar-refractivity contribution >= 4 is 23.6 Å². The van der Waals surface area contributed by atoms with Crippen LogP contribution in [0.2, 0.25) is 0 Å². The van der Waals surface area contributed by atoms with Gasteiger partial charge in [0.2, 0.25) is 5.91 Å². The van der Waals surface area contributed by atoms with Gasteiger partial charge in [0.25, 0.3) is 5.91 Å². The molecule has 0 atom stereocenters. The Kier molecular flexibility index (Phi) is 5.84. The molecule has 5 nitrogen and oxygen atoms in total. The summed E-state index contributed by atoms with van der Waals surface area (Å²) in [5.41, 5.74) is 1.06. The number of hydrogen-bond donors (Lipinski definition) is 1. The molecular formula is C24H25FN2O3. The second-order valence-corrected chi connectivity index (χ2v) is 8.05.